The monoisotopic (exact) mass is 459 g/mol. The molecule has 0 aliphatic carbocycles. The largest absolute Gasteiger partial charge is 0.351 e. The first-order valence-corrected chi connectivity index (χ1v) is 11.9. The average Bonchev–Trinajstić information content (AvgIpc) is 3.12. The maximum Gasteiger partial charge on any atom is 0.251 e. The molecular formula is C27H33N5O2. The lowest BCUT2D eigenvalue weighted by molar-refractivity contribution is -0.122. The number of hydrogen-bond donors (Lipinski definition) is 2. The van der Waals surface area contributed by atoms with Crippen molar-refractivity contribution in [2.75, 3.05) is 19.6 Å². The van der Waals surface area contributed by atoms with Gasteiger partial charge in [0.05, 0.1) is 18.8 Å². The summed E-state index contributed by atoms with van der Waals surface area (Å²) in [5.41, 5.74) is 4.99. The fourth-order valence-electron chi connectivity index (χ4n) is 4.44. The number of aromatic nitrogens is 2. The molecule has 1 aliphatic rings. The van der Waals surface area contributed by atoms with Gasteiger partial charge in [-0.05, 0) is 44.4 Å². The Balaban J connectivity index is 1.22. The van der Waals surface area contributed by atoms with Gasteiger partial charge in [-0.2, -0.15) is 5.10 Å². The summed E-state index contributed by atoms with van der Waals surface area (Å²) >= 11 is 0. The number of aryl methyl sites for hydroxylation is 1. The van der Waals surface area contributed by atoms with E-state index in [9.17, 15) is 9.59 Å². The minimum Gasteiger partial charge on any atom is -0.351 e. The quantitative estimate of drug-likeness (QED) is 0.543. The molecule has 0 unspecified atom stereocenters. The number of rotatable bonds is 8. The number of piperidine rings is 1. The van der Waals surface area contributed by atoms with Crippen LogP contribution >= 0.6 is 0 Å². The molecule has 178 valence electrons. The molecule has 2 N–H and O–H groups in total. The second-order valence-electron chi connectivity index (χ2n) is 8.96. The van der Waals surface area contributed by atoms with Crippen molar-refractivity contribution < 1.29 is 9.59 Å². The fraction of sp³-hybridized carbons (Fsp3) is 0.370. The number of carbonyl (C=O) groups excluding carboxylic acids is 2. The molecule has 0 bridgehead atoms. The van der Waals surface area contributed by atoms with E-state index in [1.54, 1.807) is 0 Å². The van der Waals surface area contributed by atoms with E-state index in [0.717, 1.165) is 49.4 Å². The summed E-state index contributed by atoms with van der Waals surface area (Å²) in [6, 6.07) is 19.7. The zero-order chi connectivity index (χ0) is 23.9. The third kappa shape index (κ3) is 6.11. The van der Waals surface area contributed by atoms with Crippen LogP contribution in [0.3, 0.4) is 0 Å². The molecule has 3 aromatic rings. The van der Waals surface area contributed by atoms with Crippen molar-refractivity contribution >= 4 is 11.8 Å². The van der Waals surface area contributed by atoms with E-state index < -0.39 is 0 Å². The summed E-state index contributed by atoms with van der Waals surface area (Å²) < 4.78 is 2.00. The Hall–Kier alpha value is -3.45. The van der Waals surface area contributed by atoms with Crippen LogP contribution < -0.4 is 10.6 Å². The van der Waals surface area contributed by atoms with Gasteiger partial charge in [0, 0.05) is 42.5 Å². The Kier molecular flexibility index (Phi) is 7.75. The van der Waals surface area contributed by atoms with Crippen molar-refractivity contribution in [2.45, 2.75) is 45.8 Å². The highest BCUT2D eigenvalue weighted by Crippen LogP contribution is 2.15. The minimum atomic E-state index is -0.0321. The number of likely N-dealkylation sites (tertiary alicyclic amines) is 1. The van der Waals surface area contributed by atoms with Gasteiger partial charge in [0.1, 0.15) is 0 Å². The highest BCUT2D eigenvalue weighted by Gasteiger charge is 2.22. The van der Waals surface area contributed by atoms with Crippen LogP contribution in [0.1, 0.15) is 45.7 Å². The van der Waals surface area contributed by atoms with E-state index in [-0.39, 0.29) is 17.9 Å². The number of nitrogens with one attached hydrogen (secondary N) is 2. The van der Waals surface area contributed by atoms with Crippen LogP contribution in [0.25, 0.3) is 0 Å². The molecule has 4 rings (SSSR count). The predicted molar refractivity (Wildman–Crippen MR) is 132 cm³/mol. The summed E-state index contributed by atoms with van der Waals surface area (Å²) in [4.78, 5) is 27.1. The second-order valence-corrected chi connectivity index (χ2v) is 8.96. The molecule has 0 saturated carbocycles. The summed E-state index contributed by atoms with van der Waals surface area (Å²) in [6.07, 6.45) is 1.69. The van der Waals surface area contributed by atoms with E-state index >= 15 is 0 Å². The molecule has 2 amide bonds. The lowest BCUT2D eigenvalue weighted by Gasteiger charge is -2.31. The van der Waals surface area contributed by atoms with Crippen molar-refractivity contribution in [3.05, 3.63) is 88.7 Å². The maximum atomic E-state index is 12.6. The first-order valence-electron chi connectivity index (χ1n) is 11.9. The first-order chi connectivity index (χ1) is 16.5. The Morgan fingerprint density at radius 2 is 1.62 bits per heavy atom. The van der Waals surface area contributed by atoms with Crippen molar-refractivity contribution in [1.29, 1.82) is 0 Å². The molecule has 0 atom stereocenters. The molecule has 0 radical (unpaired) electrons. The number of hydrogen-bond acceptors (Lipinski definition) is 4. The predicted octanol–water partition coefficient (Wildman–Crippen LogP) is 3.06. The third-order valence-corrected chi connectivity index (χ3v) is 6.49. The average molecular weight is 460 g/mol. The van der Waals surface area contributed by atoms with Gasteiger partial charge in [0.15, 0.2) is 0 Å². The van der Waals surface area contributed by atoms with Crippen molar-refractivity contribution in [3.8, 4) is 0 Å². The summed E-state index contributed by atoms with van der Waals surface area (Å²) in [5.74, 6) is -0.0169. The van der Waals surface area contributed by atoms with Crippen LogP contribution in [-0.4, -0.2) is 52.2 Å². The van der Waals surface area contributed by atoms with Crippen LogP contribution in [0, 0.1) is 13.8 Å². The summed E-state index contributed by atoms with van der Waals surface area (Å²) in [5, 5.41) is 10.9. The fourth-order valence-corrected chi connectivity index (χ4v) is 4.44. The smallest absolute Gasteiger partial charge is 0.251 e. The van der Waals surface area contributed by atoms with E-state index in [4.69, 9.17) is 0 Å². The van der Waals surface area contributed by atoms with Gasteiger partial charge in [0.2, 0.25) is 5.91 Å². The van der Waals surface area contributed by atoms with E-state index in [0.29, 0.717) is 18.7 Å². The lowest BCUT2D eigenvalue weighted by Crippen LogP contribution is -2.47. The highest BCUT2D eigenvalue weighted by molar-refractivity contribution is 5.94. The highest BCUT2D eigenvalue weighted by atomic mass is 16.2. The number of amides is 2. The van der Waals surface area contributed by atoms with Gasteiger partial charge < -0.3 is 10.6 Å². The number of benzene rings is 2. The lowest BCUT2D eigenvalue weighted by atomic mass is 10.0. The zero-order valence-electron chi connectivity index (χ0n) is 20.0. The van der Waals surface area contributed by atoms with Crippen molar-refractivity contribution in [3.63, 3.8) is 0 Å². The molecule has 7 heteroatoms. The number of nitrogens with zero attached hydrogens (tertiary/aromatic N) is 3. The van der Waals surface area contributed by atoms with E-state index in [2.05, 4.69) is 39.7 Å². The minimum absolute atomic E-state index is 0.0152. The van der Waals surface area contributed by atoms with Gasteiger partial charge in [-0.3, -0.25) is 19.2 Å². The van der Waals surface area contributed by atoms with Gasteiger partial charge >= 0.3 is 0 Å². The van der Waals surface area contributed by atoms with Crippen LogP contribution in [0.2, 0.25) is 0 Å². The molecule has 1 aromatic heterocycles. The Morgan fingerprint density at radius 1 is 0.971 bits per heavy atom. The van der Waals surface area contributed by atoms with Crippen molar-refractivity contribution in [1.82, 2.24) is 25.3 Å². The molecular weight excluding hydrogens is 426 g/mol. The third-order valence-electron chi connectivity index (χ3n) is 6.49. The zero-order valence-corrected chi connectivity index (χ0v) is 20.0. The molecule has 2 heterocycles. The second kappa shape index (κ2) is 11.1. The number of carbonyl (C=O) groups is 2. The molecule has 1 saturated heterocycles. The normalized spacial score (nSPS) is 14.6. The first kappa shape index (κ1) is 23.7. The van der Waals surface area contributed by atoms with Gasteiger partial charge in [-0.25, -0.2) is 0 Å². The van der Waals surface area contributed by atoms with Crippen LogP contribution in [0.5, 0.6) is 0 Å². The molecule has 7 nitrogen and oxygen atoms in total. The van der Waals surface area contributed by atoms with Gasteiger partial charge in [-0.15, -0.1) is 0 Å². The Morgan fingerprint density at radius 3 is 2.29 bits per heavy atom. The van der Waals surface area contributed by atoms with Crippen LogP contribution in [0.4, 0.5) is 0 Å². The van der Waals surface area contributed by atoms with E-state index in [1.165, 1.54) is 5.56 Å². The summed E-state index contributed by atoms with van der Waals surface area (Å²) in [6.45, 7) is 7.20. The molecule has 1 fully saturated rings. The maximum absolute atomic E-state index is 12.6. The van der Waals surface area contributed by atoms with E-state index in [1.807, 2.05) is 60.1 Å². The molecule has 1 aliphatic heterocycles. The topological polar surface area (TPSA) is 79.3 Å². The van der Waals surface area contributed by atoms with Crippen molar-refractivity contribution in [2.24, 2.45) is 0 Å². The van der Waals surface area contributed by atoms with Crippen LogP contribution in [0.15, 0.2) is 60.7 Å². The SMILES string of the molecule is Cc1nn(Cc2ccccc2)c(C)c1CNC(=O)CN1CCC(NC(=O)c2ccccc2)CC1. The Bertz CT molecular complexity index is 1100. The molecule has 34 heavy (non-hydrogen) atoms. The molecule has 2 aromatic carbocycles. The summed E-state index contributed by atoms with van der Waals surface area (Å²) in [7, 11) is 0. The van der Waals surface area contributed by atoms with Gasteiger partial charge in [-0.1, -0.05) is 48.5 Å². The molecule has 0 spiro atoms. The Labute approximate surface area is 201 Å². The van der Waals surface area contributed by atoms with Crippen LogP contribution in [-0.2, 0) is 17.9 Å². The van der Waals surface area contributed by atoms with Gasteiger partial charge in [0.25, 0.3) is 5.91 Å². The standard InChI is InChI=1S/C27H33N5O2/c1-20-25(21(2)32(30-20)18-22-9-5-3-6-10-22)17-28-26(33)19-31-15-13-24(14-16-31)29-27(34)23-11-7-4-8-12-23/h3-12,24H,13-19H2,1-2H3,(H,28,33)(H,29,34).